The lowest BCUT2D eigenvalue weighted by Crippen LogP contribution is -2.53. The number of furan rings is 1. The standard InChI is InChI=1S/C20H33N5O2/c1-3-21-20(22-15-17(2)16-23-8-4-5-9-23)25-12-10-24(11-13-25)19(26)18-7-6-14-27-18/h6-7,14,17H,3-5,8-13,15-16H2,1-2H3,(H,21,22). The van der Waals surface area contributed by atoms with E-state index in [4.69, 9.17) is 9.41 Å². The predicted molar refractivity (Wildman–Crippen MR) is 107 cm³/mol. The van der Waals surface area contributed by atoms with Crippen molar-refractivity contribution >= 4 is 11.9 Å². The summed E-state index contributed by atoms with van der Waals surface area (Å²) in [5.41, 5.74) is 0. The van der Waals surface area contributed by atoms with Crippen LogP contribution in [0, 0.1) is 5.92 Å². The molecule has 0 saturated carbocycles. The summed E-state index contributed by atoms with van der Waals surface area (Å²) >= 11 is 0. The van der Waals surface area contributed by atoms with Crippen LogP contribution in [0.5, 0.6) is 0 Å². The molecule has 0 aromatic carbocycles. The maximum absolute atomic E-state index is 12.4. The Morgan fingerprint density at radius 1 is 1.19 bits per heavy atom. The number of rotatable bonds is 6. The highest BCUT2D eigenvalue weighted by atomic mass is 16.3. The average molecular weight is 376 g/mol. The Morgan fingerprint density at radius 3 is 2.52 bits per heavy atom. The van der Waals surface area contributed by atoms with Gasteiger partial charge in [-0.3, -0.25) is 9.79 Å². The van der Waals surface area contributed by atoms with Crippen LogP contribution in [-0.2, 0) is 0 Å². The molecule has 2 fully saturated rings. The molecule has 1 unspecified atom stereocenters. The molecule has 2 aliphatic heterocycles. The monoisotopic (exact) mass is 375 g/mol. The van der Waals surface area contributed by atoms with Crippen LogP contribution in [0.2, 0.25) is 0 Å². The first-order chi connectivity index (χ1) is 13.2. The highest BCUT2D eigenvalue weighted by Gasteiger charge is 2.25. The van der Waals surface area contributed by atoms with Gasteiger partial charge in [0.05, 0.1) is 6.26 Å². The van der Waals surface area contributed by atoms with Crippen molar-refractivity contribution < 1.29 is 9.21 Å². The summed E-state index contributed by atoms with van der Waals surface area (Å²) in [6.07, 6.45) is 4.21. The topological polar surface area (TPSA) is 64.3 Å². The summed E-state index contributed by atoms with van der Waals surface area (Å²) in [6, 6.07) is 3.48. The summed E-state index contributed by atoms with van der Waals surface area (Å²) in [5, 5.41) is 3.41. The van der Waals surface area contributed by atoms with Crippen molar-refractivity contribution in [2.45, 2.75) is 26.7 Å². The van der Waals surface area contributed by atoms with E-state index < -0.39 is 0 Å². The number of guanidine groups is 1. The molecule has 1 amide bonds. The molecule has 27 heavy (non-hydrogen) atoms. The van der Waals surface area contributed by atoms with Crippen molar-refractivity contribution in [3.05, 3.63) is 24.2 Å². The number of likely N-dealkylation sites (tertiary alicyclic amines) is 1. The molecular formula is C20H33N5O2. The van der Waals surface area contributed by atoms with Crippen molar-refractivity contribution in [1.82, 2.24) is 20.0 Å². The highest BCUT2D eigenvalue weighted by molar-refractivity contribution is 5.91. The lowest BCUT2D eigenvalue weighted by Gasteiger charge is -2.36. The lowest BCUT2D eigenvalue weighted by atomic mass is 10.2. The van der Waals surface area contributed by atoms with Gasteiger partial charge in [-0.2, -0.15) is 0 Å². The van der Waals surface area contributed by atoms with E-state index in [1.165, 1.54) is 25.9 Å². The van der Waals surface area contributed by atoms with Crippen molar-refractivity contribution in [3.63, 3.8) is 0 Å². The first-order valence-electron chi connectivity index (χ1n) is 10.3. The van der Waals surface area contributed by atoms with Gasteiger partial charge in [0, 0.05) is 45.8 Å². The number of nitrogens with zero attached hydrogens (tertiary/aromatic N) is 4. The first kappa shape index (κ1) is 19.7. The Morgan fingerprint density at radius 2 is 1.89 bits per heavy atom. The minimum Gasteiger partial charge on any atom is -0.459 e. The Hall–Kier alpha value is -2.02. The van der Waals surface area contributed by atoms with Gasteiger partial charge in [-0.05, 0) is 50.9 Å². The van der Waals surface area contributed by atoms with E-state index in [2.05, 4.69) is 29.0 Å². The Balaban J connectivity index is 1.50. The molecule has 1 N–H and O–H groups in total. The van der Waals surface area contributed by atoms with Crippen molar-refractivity contribution in [2.75, 3.05) is 58.9 Å². The number of carbonyl (C=O) groups excluding carboxylic acids is 1. The van der Waals surface area contributed by atoms with E-state index in [9.17, 15) is 4.79 Å². The fraction of sp³-hybridized carbons (Fsp3) is 0.700. The minimum atomic E-state index is -0.0270. The molecular weight excluding hydrogens is 342 g/mol. The molecule has 2 saturated heterocycles. The van der Waals surface area contributed by atoms with E-state index in [1.807, 2.05) is 4.90 Å². The third kappa shape index (κ3) is 5.48. The second-order valence-electron chi connectivity index (χ2n) is 7.56. The second-order valence-corrected chi connectivity index (χ2v) is 7.56. The molecule has 0 spiro atoms. The van der Waals surface area contributed by atoms with Crippen LogP contribution in [0.3, 0.4) is 0 Å². The van der Waals surface area contributed by atoms with E-state index in [1.54, 1.807) is 18.4 Å². The van der Waals surface area contributed by atoms with Gasteiger partial charge in [0.15, 0.2) is 11.7 Å². The summed E-state index contributed by atoms with van der Waals surface area (Å²) in [4.78, 5) is 24.0. The van der Waals surface area contributed by atoms with Crippen LogP contribution >= 0.6 is 0 Å². The van der Waals surface area contributed by atoms with Crippen LogP contribution in [0.25, 0.3) is 0 Å². The van der Waals surface area contributed by atoms with Gasteiger partial charge in [-0.15, -0.1) is 0 Å². The first-order valence-corrected chi connectivity index (χ1v) is 10.3. The molecule has 2 aliphatic rings. The molecule has 7 heteroatoms. The molecule has 3 heterocycles. The van der Waals surface area contributed by atoms with Gasteiger partial charge in [0.1, 0.15) is 0 Å². The summed E-state index contributed by atoms with van der Waals surface area (Å²) < 4.78 is 5.24. The Bertz CT molecular complexity index is 602. The van der Waals surface area contributed by atoms with Crippen LogP contribution in [0.1, 0.15) is 37.2 Å². The zero-order valence-corrected chi connectivity index (χ0v) is 16.7. The highest BCUT2D eigenvalue weighted by Crippen LogP contribution is 2.12. The van der Waals surface area contributed by atoms with Crippen molar-refractivity contribution in [2.24, 2.45) is 10.9 Å². The summed E-state index contributed by atoms with van der Waals surface area (Å²) in [5.74, 6) is 1.91. The molecule has 1 aromatic heterocycles. The summed E-state index contributed by atoms with van der Waals surface area (Å²) in [6.45, 7) is 12.6. The Labute approximate surface area is 162 Å². The average Bonchev–Trinajstić information content (AvgIpc) is 3.39. The number of hydrogen-bond donors (Lipinski definition) is 1. The molecule has 1 atom stereocenters. The van der Waals surface area contributed by atoms with Crippen LogP contribution < -0.4 is 5.32 Å². The smallest absolute Gasteiger partial charge is 0.289 e. The molecule has 7 nitrogen and oxygen atoms in total. The summed E-state index contributed by atoms with van der Waals surface area (Å²) in [7, 11) is 0. The lowest BCUT2D eigenvalue weighted by molar-refractivity contribution is 0.0657. The quantitative estimate of drug-likeness (QED) is 0.606. The number of carbonyl (C=O) groups is 1. The third-order valence-electron chi connectivity index (χ3n) is 5.25. The maximum atomic E-state index is 12.4. The minimum absolute atomic E-state index is 0.0270. The van der Waals surface area contributed by atoms with Crippen LogP contribution in [0.4, 0.5) is 0 Å². The van der Waals surface area contributed by atoms with Crippen LogP contribution in [0.15, 0.2) is 27.8 Å². The number of piperazine rings is 1. The number of nitrogens with one attached hydrogen (secondary N) is 1. The molecule has 3 rings (SSSR count). The molecule has 0 aliphatic carbocycles. The largest absolute Gasteiger partial charge is 0.459 e. The van der Waals surface area contributed by atoms with E-state index in [0.717, 1.165) is 38.7 Å². The van der Waals surface area contributed by atoms with E-state index in [-0.39, 0.29) is 5.91 Å². The molecule has 0 radical (unpaired) electrons. The van der Waals surface area contributed by atoms with E-state index in [0.29, 0.717) is 24.8 Å². The Kier molecular flexibility index (Phi) is 7.15. The normalized spacial score (nSPS) is 20.1. The molecule has 0 bridgehead atoms. The van der Waals surface area contributed by atoms with Gasteiger partial charge in [0.25, 0.3) is 5.91 Å². The van der Waals surface area contributed by atoms with Gasteiger partial charge in [-0.25, -0.2) is 0 Å². The van der Waals surface area contributed by atoms with Gasteiger partial charge in [-0.1, -0.05) is 6.92 Å². The fourth-order valence-electron chi connectivity index (χ4n) is 3.81. The zero-order valence-electron chi connectivity index (χ0n) is 16.7. The van der Waals surface area contributed by atoms with Crippen molar-refractivity contribution in [3.8, 4) is 0 Å². The zero-order chi connectivity index (χ0) is 19.1. The van der Waals surface area contributed by atoms with Crippen molar-refractivity contribution in [1.29, 1.82) is 0 Å². The van der Waals surface area contributed by atoms with Crippen LogP contribution in [-0.4, -0.2) is 85.5 Å². The molecule has 1 aromatic rings. The number of amides is 1. The number of aliphatic imine (C=N–C) groups is 1. The fourth-order valence-corrected chi connectivity index (χ4v) is 3.81. The van der Waals surface area contributed by atoms with E-state index >= 15 is 0 Å². The maximum Gasteiger partial charge on any atom is 0.289 e. The third-order valence-corrected chi connectivity index (χ3v) is 5.25. The predicted octanol–water partition coefficient (Wildman–Crippen LogP) is 1.73. The van der Waals surface area contributed by atoms with Gasteiger partial charge in [0.2, 0.25) is 0 Å². The van der Waals surface area contributed by atoms with Gasteiger partial charge < -0.3 is 24.4 Å². The second kappa shape index (κ2) is 9.78. The SMILES string of the molecule is CCNC(=NCC(C)CN1CCCC1)N1CCN(C(=O)c2ccco2)CC1. The van der Waals surface area contributed by atoms with Gasteiger partial charge >= 0.3 is 0 Å². The number of hydrogen-bond acceptors (Lipinski definition) is 4. The molecule has 150 valence electrons.